The minimum atomic E-state index is -3.34. The van der Waals surface area contributed by atoms with Crippen LogP contribution in [0.3, 0.4) is 0 Å². The van der Waals surface area contributed by atoms with Crippen LogP contribution in [0.2, 0.25) is 0 Å². The van der Waals surface area contributed by atoms with E-state index in [9.17, 15) is 8.42 Å². The van der Waals surface area contributed by atoms with E-state index < -0.39 is 15.1 Å². The van der Waals surface area contributed by atoms with E-state index >= 15 is 0 Å². The minimum Gasteiger partial charge on any atom is -0.360 e. The minimum absolute atomic E-state index is 0.0860. The maximum Gasteiger partial charge on any atom is 0.180 e. The van der Waals surface area contributed by atoms with Gasteiger partial charge in [0, 0.05) is 11.9 Å². The molecule has 19 heavy (non-hydrogen) atoms. The molecule has 0 fully saturated rings. The van der Waals surface area contributed by atoms with E-state index in [2.05, 4.69) is 5.32 Å². The number of hydrogen-bond donors (Lipinski definition) is 1. The fraction of sp³-hybridized carbons (Fsp3) is 0.231. The van der Waals surface area contributed by atoms with E-state index in [1.807, 2.05) is 0 Å². The summed E-state index contributed by atoms with van der Waals surface area (Å²) in [6, 6.07) is 9.65. The zero-order chi connectivity index (χ0) is 14.5. The van der Waals surface area contributed by atoms with Crippen LogP contribution in [0.5, 0.6) is 0 Å². The Labute approximate surface area is 112 Å². The molecule has 98 valence electrons. The van der Waals surface area contributed by atoms with E-state index in [1.54, 1.807) is 38.1 Å². The molecule has 0 spiro atoms. The first kappa shape index (κ1) is 14.7. The van der Waals surface area contributed by atoms with Crippen molar-refractivity contribution in [3.8, 4) is 12.1 Å². The zero-order valence-corrected chi connectivity index (χ0v) is 11.4. The van der Waals surface area contributed by atoms with Crippen molar-refractivity contribution in [1.82, 2.24) is 0 Å². The molecule has 0 radical (unpaired) electrons. The van der Waals surface area contributed by atoms with Crippen molar-refractivity contribution in [1.29, 1.82) is 10.5 Å². The second-order valence-corrected chi connectivity index (χ2v) is 6.55. The van der Waals surface area contributed by atoms with Crippen LogP contribution in [0.1, 0.15) is 13.8 Å². The van der Waals surface area contributed by atoms with Crippen molar-refractivity contribution in [3.05, 3.63) is 36.0 Å². The van der Waals surface area contributed by atoms with Gasteiger partial charge in [-0.2, -0.15) is 10.5 Å². The quantitative estimate of drug-likeness (QED) is 0.850. The van der Waals surface area contributed by atoms with E-state index in [4.69, 9.17) is 10.5 Å². The summed E-state index contributed by atoms with van der Waals surface area (Å²) < 4.78 is 24.0. The SMILES string of the molecule is CC(C)S(=O)(=O)c1cccc(NC=C(C#N)C#N)c1. The average molecular weight is 275 g/mol. The van der Waals surface area contributed by atoms with Crippen molar-refractivity contribution in [3.63, 3.8) is 0 Å². The Morgan fingerprint density at radius 2 is 1.95 bits per heavy atom. The number of nitrogens with one attached hydrogen (secondary N) is 1. The van der Waals surface area contributed by atoms with E-state index in [0.717, 1.165) is 0 Å². The fourth-order valence-corrected chi connectivity index (χ4v) is 2.38. The molecule has 1 N–H and O–H groups in total. The average Bonchev–Trinajstić information content (AvgIpc) is 2.40. The van der Waals surface area contributed by atoms with Gasteiger partial charge in [-0.3, -0.25) is 0 Å². The normalized spacial score (nSPS) is 10.4. The molecule has 1 rings (SSSR count). The molecule has 0 aliphatic heterocycles. The van der Waals surface area contributed by atoms with Crippen molar-refractivity contribution in [2.24, 2.45) is 0 Å². The van der Waals surface area contributed by atoms with Gasteiger partial charge in [0.15, 0.2) is 9.84 Å². The lowest BCUT2D eigenvalue weighted by Gasteiger charge is -2.09. The number of anilines is 1. The summed E-state index contributed by atoms with van der Waals surface area (Å²) in [6.07, 6.45) is 1.24. The Morgan fingerprint density at radius 3 is 2.47 bits per heavy atom. The number of benzene rings is 1. The summed E-state index contributed by atoms with van der Waals surface area (Å²) in [7, 11) is -3.34. The number of sulfone groups is 1. The molecule has 0 aromatic heterocycles. The molecule has 0 amide bonds. The molecule has 0 bridgehead atoms. The second kappa shape index (κ2) is 6.03. The van der Waals surface area contributed by atoms with Crippen molar-refractivity contribution in [2.75, 3.05) is 5.32 Å². The highest BCUT2D eigenvalue weighted by atomic mass is 32.2. The van der Waals surface area contributed by atoms with Gasteiger partial charge >= 0.3 is 0 Å². The van der Waals surface area contributed by atoms with E-state index in [0.29, 0.717) is 5.69 Å². The lowest BCUT2D eigenvalue weighted by molar-refractivity contribution is 0.587. The van der Waals surface area contributed by atoms with Crippen LogP contribution in [0, 0.1) is 22.7 Å². The topological polar surface area (TPSA) is 93.8 Å². The van der Waals surface area contributed by atoms with Gasteiger partial charge in [0.05, 0.1) is 10.1 Å². The molecule has 0 saturated carbocycles. The summed E-state index contributed by atoms with van der Waals surface area (Å²) in [6.45, 7) is 3.22. The van der Waals surface area contributed by atoms with Crippen molar-refractivity contribution < 1.29 is 8.42 Å². The number of rotatable bonds is 4. The van der Waals surface area contributed by atoms with Gasteiger partial charge in [-0.25, -0.2) is 8.42 Å². The maximum atomic E-state index is 12.0. The molecular weight excluding hydrogens is 262 g/mol. The number of nitriles is 2. The van der Waals surface area contributed by atoms with Crippen LogP contribution in [0.25, 0.3) is 0 Å². The fourth-order valence-electron chi connectivity index (χ4n) is 1.28. The molecule has 0 aliphatic carbocycles. The summed E-state index contributed by atoms with van der Waals surface area (Å²) in [5, 5.41) is 19.4. The van der Waals surface area contributed by atoms with Gasteiger partial charge in [0.1, 0.15) is 17.7 Å². The van der Waals surface area contributed by atoms with Crippen molar-refractivity contribution >= 4 is 15.5 Å². The molecule has 6 heteroatoms. The summed E-state index contributed by atoms with van der Waals surface area (Å²) in [5.41, 5.74) is 0.418. The van der Waals surface area contributed by atoms with Crippen LogP contribution >= 0.6 is 0 Å². The van der Waals surface area contributed by atoms with Gasteiger partial charge in [0.25, 0.3) is 0 Å². The molecule has 1 aromatic rings. The summed E-state index contributed by atoms with van der Waals surface area (Å²) >= 11 is 0. The Balaban J connectivity index is 3.08. The third-order valence-electron chi connectivity index (χ3n) is 2.41. The van der Waals surface area contributed by atoms with E-state index in [-0.39, 0.29) is 10.5 Å². The van der Waals surface area contributed by atoms with Gasteiger partial charge < -0.3 is 5.32 Å². The monoisotopic (exact) mass is 275 g/mol. The second-order valence-electron chi connectivity index (χ2n) is 4.05. The molecule has 0 aliphatic rings. The van der Waals surface area contributed by atoms with Crippen molar-refractivity contribution in [2.45, 2.75) is 24.0 Å². The van der Waals surface area contributed by atoms with Gasteiger partial charge in [-0.15, -0.1) is 0 Å². The number of nitrogens with zero attached hydrogens (tertiary/aromatic N) is 2. The number of allylic oxidation sites excluding steroid dienone is 1. The lowest BCUT2D eigenvalue weighted by Crippen LogP contribution is -2.14. The molecule has 1 aromatic carbocycles. The van der Waals surface area contributed by atoms with Crippen LogP contribution in [-0.4, -0.2) is 13.7 Å². The molecule has 0 heterocycles. The molecule has 0 atom stereocenters. The Morgan fingerprint density at radius 1 is 1.32 bits per heavy atom. The predicted octanol–water partition coefficient (Wildman–Crippen LogP) is 2.21. The largest absolute Gasteiger partial charge is 0.360 e. The third-order valence-corrected chi connectivity index (χ3v) is 4.56. The highest BCUT2D eigenvalue weighted by Crippen LogP contribution is 2.19. The first-order chi connectivity index (χ1) is 8.91. The van der Waals surface area contributed by atoms with Gasteiger partial charge in [-0.1, -0.05) is 6.07 Å². The molecular formula is C13H13N3O2S. The third kappa shape index (κ3) is 3.57. The zero-order valence-electron chi connectivity index (χ0n) is 10.6. The standard InChI is InChI=1S/C13H13N3O2S/c1-10(2)19(17,18)13-5-3-4-12(6-13)16-9-11(7-14)8-15/h3-6,9-10,16H,1-2H3. The first-order valence-electron chi connectivity index (χ1n) is 5.52. The first-order valence-corrected chi connectivity index (χ1v) is 7.07. The smallest absolute Gasteiger partial charge is 0.180 e. The Bertz CT molecular complexity index is 661. The van der Waals surface area contributed by atoms with Crippen LogP contribution in [0.15, 0.2) is 40.9 Å². The lowest BCUT2D eigenvalue weighted by atomic mass is 10.3. The highest BCUT2D eigenvalue weighted by molar-refractivity contribution is 7.92. The van der Waals surface area contributed by atoms with Gasteiger partial charge in [-0.05, 0) is 32.0 Å². The van der Waals surface area contributed by atoms with Gasteiger partial charge in [0.2, 0.25) is 0 Å². The highest BCUT2D eigenvalue weighted by Gasteiger charge is 2.18. The molecule has 0 unspecified atom stereocenters. The Hall–Kier alpha value is -2.31. The van der Waals surface area contributed by atoms with Crippen LogP contribution < -0.4 is 5.32 Å². The predicted molar refractivity (Wildman–Crippen MR) is 71.7 cm³/mol. The Kier molecular flexibility index (Phi) is 4.68. The van der Waals surface area contributed by atoms with Crippen LogP contribution in [-0.2, 0) is 9.84 Å². The maximum absolute atomic E-state index is 12.0. The summed E-state index contributed by atoms with van der Waals surface area (Å²) in [5.74, 6) is 0. The molecule has 0 saturated heterocycles. The summed E-state index contributed by atoms with van der Waals surface area (Å²) in [4.78, 5) is 0.205. The molecule has 5 nitrogen and oxygen atoms in total. The van der Waals surface area contributed by atoms with Crippen LogP contribution in [0.4, 0.5) is 5.69 Å². The van der Waals surface area contributed by atoms with E-state index in [1.165, 1.54) is 18.3 Å². The number of hydrogen-bond acceptors (Lipinski definition) is 5.